The molecule has 0 aliphatic carbocycles. The molecule has 0 saturated carbocycles. The molecular weight excluding hydrogens is 245 g/mol. The van der Waals surface area contributed by atoms with Crippen molar-refractivity contribution in [3.05, 3.63) is 36.4 Å². The normalized spacial score (nSPS) is 10.3. The van der Waals surface area contributed by atoms with Crippen LogP contribution in [0.4, 0.5) is 10.2 Å². The molecule has 100 valence electrons. The molecule has 0 unspecified atom stereocenters. The van der Waals surface area contributed by atoms with Gasteiger partial charge in [0.25, 0.3) is 0 Å². The number of halogens is 1. The molecule has 2 aromatic rings. The maximum atomic E-state index is 13.7. The molecule has 2 rings (SSSR count). The van der Waals surface area contributed by atoms with E-state index < -0.39 is 5.82 Å². The first-order valence-corrected chi connectivity index (χ1v) is 6.14. The second-order valence-electron chi connectivity index (χ2n) is 4.07. The summed E-state index contributed by atoms with van der Waals surface area (Å²) in [6.07, 6.45) is 4.26. The van der Waals surface area contributed by atoms with Gasteiger partial charge in [0, 0.05) is 12.1 Å². The van der Waals surface area contributed by atoms with Gasteiger partial charge in [0.2, 0.25) is 0 Å². The van der Waals surface area contributed by atoms with Gasteiger partial charge >= 0.3 is 0 Å². The van der Waals surface area contributed by atoms with Crippen LogP contribution in [-0.4, -0.2) is 23.6 Å². The lowest BCUT2D eigenvalue weighted by Gasteiger charge is -2.07. The fourth-order valence-corrected chi connectivity index (χ4v) is 1.67. The van der Waals surface area contributed by atoms with Crippen LogP contribution < -0.4 is 10.1 Å². The summed E-state index contributed by atoms with van der Waals surface area (Å²) >= 11 is 0. The Morgan fingerprint density at radius 1 is 1.32 bits per heavy atom. The number of nitrogens with one attached hydrogen (secondary N) is 1. The van der Waals surface area contributed by atoms with Crippen molar-refractivity contribution in [3.63, 3.8) is 0 Å². The quantitative estimate of drug-likeness (QED) is 0.898. The molecule has 1 aromatic heterocycles. The van der Waals surface area contributed by atoms with Gasteiger partial charge in [0.05, 0.1) is 25.2 Å². The van der Waals surface area contributed by atoms with E-state index in [4.69, 9.17) is 4.74 Å². The lowest BCUT2D eigenvalue weighted by Crippen LogP contribution is -2.03. The topological polar surface area (TPSA) is 47.0 Å². The van der Waals surface area contributed by atoms with E-state index in [0.29, 0.717) is 17.1 Å². The van der Waals surface area contributed by atoms with Gasteiger partial charge in [0.15, 0.2) is 11.6 Å². The molecule has 0 fully saturated rings. The van der Waals surface area contributed by atoms with Gasteiger partial charge in [-0.2, -0.15) is 0 Å². The first-order valence-electron chi connectivity index (χ1n) is 6.14. The number of methoxy groups -OCH3 is 1. The molecule has 4 nitrogen and oxygen atoms in total. The zero-order chi connectivity index (χ0) is 13.7. The lowest BCUT2D eigenvalue weighted by atomic mass is 10.1. The Morgan fingerprint density at radius 3 is 2.84 bits per heavy atom. The maximum Gasteiger partial charge on any atom is 0.165 e. The summed E-state index contributed by atoms with van der Waals surface area (Å²) in [5.74, 6) is 0.501. The Bertz CT molecular complexity index is 560. The second kappa shape index (κ2) is 6.13. The summed E-state index contributed by atoms with van der Waals surface area (Å²) in [4.78, 5) is 8.50. The third kappa shape index (κ3) is 3.19. The van der Waals surface area contributed by atoms with Gasteiger partial charge in [-0.25, -0.2) is 9.37 Å². The summed E-state index contributed by atoms with van der Waals surface area (Å²) < 4.78 is 18.5. The summed E-state index contributed by atoms with van der Waals surface area (Å²) in [7, 11) is 1.44. The number of hydrogen-bond acceptors (Lipinski definition) is 4. The van der Waals surface area contributed by atoms with Crippen molar-refractivity contribution in [1.82, 2.24) is 9.97 Å². The van der Waals surface area contributed by atoms with Crippen LogP contribution in [0, 0.1) is 5.82 Å². The van der Waals surface area contributed by atoms with E-state index in [1.807, 2.05) is 0 Å². The van der Waals surface area contributed by atoms with Crippen LogP contribution in [0.15, 0.2) is 30.6 Å². The monoisotopic (exact) mass is 261 g/mol. The third-order valence-corrected chi connectivity index (χ3v) is 2.64. The first kappa shape index (κ1) is 13.3. The van der Waals surface area contributed by atoms with Crippen LogP contribution in [0.2, 0.25) is 0 Å². The van der Waals surface area contributed by atoms with Crippen LogP contribution >= 0.6 is 0 Å². The number of hydrogen-bond donors (Lipinski definition) is 1. The second-order valence-corrected chi connectivity index (χ2v) is 4.07. The number of ether oxygens (including phenoxy) is 1. The zero-order valence-electron chi connectivity index (χ0n) is 11.0. The highest BCUT2D eigenvalue weighted by atomic mass is 19.1. The first-order chi connectivity index (χ1) is 9.24. The molecule has 0 atom stereocenters. The van der Waals surface area contributed by atoms with E-state index in [1.54, 1.807) is 24.5 Å². The van der Waals surface area contributed by atoms with Crippen molar-refractivity contribution in [2.45, 2.75) is 13.3 Å². The largest absolute Gasteiger partial charge is 0.494 e. The van der Waals surface area contributed by atoms with Crippen LogP contribution in [0.5, 0.6) is 5.75 Å². The van der Waals surface area contributed by atoms with Crippen molar-refractivity contribution in [2.75, 3.05) is 19.0 Å². The molecule has 19 heavy (non-hydrogen) atoms. The Kier molecular flexibility index (Phi) is 4.28. The Balaban J connectivity index is 2.28. The van der Waals surface area contributed by atoms with E-state index >= 15 is 0 Å². The predicted molar refractivity (Wildman–Crippen MR) is 72.8 cm³/mol. The minimum Gasteiger partial charge on any atom is -0.494 e. The molecule has 0 saturated heterocycles. The molecule has 1 heterocycles. The van der Waals surface area contributed by atoms with E-state index in [9.17, 15) is 4.39 Å². The number of nitrogens with zero attached hydrogens (tertiary/aromatic N) is 2. The van der Waals surface area contributed by atoms with Crippen LogP contribution in [0.3, 0.4) is 0 Å². The van der Waals surface area contributed by atoms with Gasteiger partial charge < -0.3 is 10.1 Å². The van der Waals surface area contributed by atoms with Gasteiger partial charge in [0.1, 0.15) is 5.82 Å². The molecule has 0 aliphatic rings. The third-order valence-electron chi connectivity index (χ3n) is 2.64. The van der Waals surface area contributed by atoms with Crippen molar-refractivity contribution in [1.29, 1.82) is 0 Å². The van der Waals surface area contributed by atoms with E-state index in [1.165, 1.54) is 13.2 Å². The summed E-state index contributed by atoms with van der Waals surface area (Å²) in [5.41, 5.74) is 1.30. The molecule has 0 amide bonds. The van der Waals surface area contributed by atoms with E-state index in [0.717, 1.165) is 13.0 Å². The number of aromatic nitrogens is 2. The van der Waals surface area contributed by atoms with E-state index in [2.05, 4.69) is 22.2 Å². The maximum absolute atomic E-state index is 13.7. The molecule has 0 spiro atoms. The zero-order valence-corrected chi connectivity index (χ0v) is 11.0. The van der Waals surface area contributed by atoms with Gasteiger partial charge in [-0.05, 0) is 24.6 Å². The molecule has 0 radical (unpaired) electrons. The van der Waals surface area contributed by atoms with Crippen molar-refractivity contribution >= 4 is 5.82 Å². The van der Waals surface area contributed by atoms with Crippen molar-refractivity contribution in [3.8, 4) is 17.0 Å². The predicted octanol–water partition coefficient (Wildman–Crippen LogP) is 3.11. The fourth-order valence-electron chi connectivity index (χ4n) is 1.67. The average molecular weight is 261 g/mol. The van der Waals surface area contributed by atoms with Crippen LogP contribution in [0.25, 0.3) is 11.3 Å². The average Bonchev–Trinajstić information content (AvgIpc) is 2.45. The van der Waals surface area contributed by atoms with Gasteiger partial charge in [-0.3, -0.25) is 4.98 Å². The Morgan fingerprint density at radius 2 is 2.16 bits per heavy atom. The molecule has 5 heteroatoms. The van der Waals surface area contributed by atoms with Gasteiger partial charge in [-0.15, -0.1) is 0 Å². The standard InChI is InChI=1S/C14H16FN3O/c1-3-6-17-14-9-16-8-12(18-14)10-4-5-13(19-2)11(15)7-10/h4-5,7-9H,3,6H2,1-2H3,(H,17,18). The molecule has 1 N–H and O–H groups in total. The highest BCUT2D eigenvalue weighted by molar-refractivity contribution is 5.61. The number of anilines is 1. The van der Waals surface area contributed by atoms with Crippen molar-refractivity contribution < 1.29 is 9.13 Å². The van der Waals surface area contributed by atoms with E-state index in [-0.39, 0.29) is 5.75 Å². The number of rotatable bonds is 5. The molecular formula is C14H16FN3O. The number of benzene rings is 1. The summed E-state index contributed by atoms with van der Waals surface area (Å²) in [5, 5.41) is 3.15. The molecule has 0 bridgehead atoms. The Hall–Kier alpha value is -2.17. The molecule has 1 aromatic carbocycles. The Labute approximate surface area is 111 Å². The minimum absolute atomic E-state index is 0.219. The van der Waals surface area contributed by atoms with Gasteiger partial charge in [-0.1, -0.05) is 6.92 Å². The summed E-state index contributed by atoms with van der Waals surface area (Å²) in [6, 6.07) is 4.74. The van der Waals surface area contributed by atoms with Crippen LogP contribution in [0.1, 0.15) is 13.3 Å². The van der Waals surface area contributed by atoms with Crippen molar-refractivity contribution in [2.24, 2.45) is 0 Å². The minimum atomic E-state index is -0.409. The lowest BCUT2D eigenvalue weighted by molar-refractivity contribution is 0.386. The summed E-state index contributed by atoms with van der Waals surface area (Å²) in [6.45, 7) is 2.90. The highest BCUT2D eigenvalue weighted by Crippen LogP contribution is 2.24. The molecule has 0 aliphatic heterocycles. The highest BCUT2D eigenvalue weighted by Gasteiger charge is 2.07. The van der Waals surface area contributed by atoms with Crippen LogP contribution in [-0.2, 0) is 0 Å². The smallest absolute Gasteiger partial charge is 0.165 e. The fraction of sp³-hybridized carbons (Fsp3) is 0.286. The SMILES string of the molecule is CCCNc1cncc(-c2ccc(OC)c(F)c2)n1.